The van der Waals surface area contributed by atoms with E-state index in [9.17, 15) is 4.79 Å². The Morgan fingerprint density at radius 2 is 1.59 bits per heavy atom. The highest BCUT2D eigenvalue weighted by Gasteiger charge is 2.44. The molecule has 2 rings (SSSR count). The van der Waals surface area contributed by atoms with Crippen molar-refractivity contribution in [2.45, 2.75) is 174 Å². The summed E-state index contributed by atoms with van der Waals surface area (Å²) in [7, 11) is -2.52. The number of methoxy groups -OCH3 is 1. The van der Waals surface area contributed by atoms with E-state index in [-0.39, 0.29) is 34.2 Å². The molecule has 49 heavy (non-hydrogen) atoms. The first-order valence-electron chi connectivity index (χ1n) is 19.3. The van der Waals surface area contributed by atoms with E-state index in [2.05, 4.69) is 124 Å². The number of rotatable bonds is 21. The molecule has 1 aliphatic rings. The average molecular weight is 731 g/mol. The molecule has 0 aliphatic heterocycles. The Kier molecular flexibility index (Phi) is 18.2. The second-order valence-corrected chi connectivity index (χ2v) is 28.3. The second-order valence-electron chi connectivity index (χ2n) is 17.6. The number of aryl methyl sites for hydroxylation is 1. The van der Waals surface area contributed by atoms with Crippen LogP contribution in [0.2, 0.25) is 36.3 Å². The van der Waals surface area contributed by atoms with Crippen LogP contribution in [-0.4, -0.2) is 47.7 Å². The van der Waals surface area contributed by atoms with Gasteiger partial charge >= 0.3 is 5.97 Å². The number of thioether (sulfide) groups is 1. The van der Waals surface area contributed by atoms with Gasteiger partial charge in [0.1, 0.15) is 0 Å². The molecule has 0 N–H and O–H groups in total. The van der Waals surface area contributed by atoms with Crippen molar-refractivity contribution >= 4 is 34.4 Å². The largest absolute Gasteiger partial charge is 0.469 e. The average Bonchev–Trinajstić information content (AvgIpc) is 3.33. The van der Waals surface area contributed by atoms with Gasteiger partial charge in [-0.3, -0.25) is 4.79 Å². The molecular formula is C42H74O4SSi2. The summed E-state index contributed by atoms with van der Waals surface area (Å²) in [6.45, 7) is 28.4. The van der Waals surface area contributed by atoms with Crippen LogP contribution in [0.1, 0.15) is 125 Å². The van der Waals surface area contributed by atoms with E-state index in [0.29, 0.717) is 12.3 Å². The summed E-state index contributed by atoms with van der Waals surface area (Å²) in [6.07, 6.45) is 16.7. The molecular weight excluding hydrogens is 657 g/mol. The first-order chi connectivity index (χ1) is 22.8. The van der Waals surface area contributed by atoms with E-state index in [1.165, 1.54) is 36.8 Å². The van der Waals surface area contributed by atoms with Crippen molar-refractivity contribution in [2.24, 2.45) is 11.8 Å². The molecule has 0 aromatic heterocycles. The van der Waals surface area contributed by atoms with Gasteiger partial charge in [0.2, 0.25) is 0 Å². The van der Waals surface area contributed by atoms with E-state index in [4.69, 9.17) is 13.6 Å². The van der Waals surface area contributed by atoms with Gasteiger partial charge < -0.3 is 13.6 Å². The molecule has 0 unspecified atom stereocenters. The predicted octanol–water partition coefficient (Wildman–Crippen LogP) is 12.9. The quantitative estimate of drug-likeness (QED) is 0.0545. The minimum absolute atomic E-state index is 0.108. The molecule has 280 valence electrons. The zero-order chi connectivity index (χ0) is 36.9. The van der Waals surface area contributed by atoms with Crippen molar-refractivity contribution in [2.75, 3.05) is 12.9 Å². The summed E-state index contributed by atoms with van der Waals surface area (Å²) in [5, 5.41) is 0.302. The maximum Gasteiger partial charge on any atom is 0.305 e. The highest BCUT2D eigenvalue weighted by atomic mass is 32.2. The molecule has 0 amide bonds. The molecule has 0 bridgehead atoms. The summed E-state index contributed by atoms with van der Waals surface area (Å²) in [4.78, 5) is 13.2. The monoisotopic (exact) mass is 730 g/mol. The van der Waals surface area contributed by atoms with Crippen molar-refractivity contribution in [1.82, 2.24) is 0 Å². The van der Waals surface area contributed by atoms with Crippen molar-refractivity contribution in [3.63, 3.8) is 0 Å². The van der Waals surface area contributed by atoms with Gasteiger partial charge in [0, 0.05) is 12.3 Å². The number of ether oxygens (including phenoxy) is 1. The van der Waals surface area contributed by atoms with Gasteiger partial charge in [-0.15, -0.1) is 11.8 Å². The summed E-state index contributed by atoms with van der Waals surface area (Å²) in [5.74, 6) is 1.80. The molecule has 0 heterocycles. The molecule has 4 nitrogen and oxygen atoms in total. The first kappa shape index (κ1) is 44.0. The molecule has 0 saturated carbocycles. The lowest BCUT2D eigenvalue weighted by Gasteiger charge is -2.40. The molecule has 0 fully saturated rings. The minimum atomic E-state index is -2.02. The van der Waals surface area contributed by atoms with Crippen LogP contribution in [-0.2, 0) is 24.8 Å². The van der Waals surface area contributed by atoms with Gasteiger partial charge in [-0.1, -0.05) is 129 Å². The third-order valence-corrected chi connectivity index (χ3v) is 21.7. The van der Waals surface area contributed by atoms with Crippen LogP contribution >= 0.6 is 11.8 Å². The topological polar surface area (TPSA) is 44.8 Å². The summed E-state index contributed by atoms with van der Waals surface area (Å²) < 4.78 is 19.4. The third kappa shape index (κ3) is 14.8. The Labute approximate surface area is 309 Å². The van der Waals surface area contributed by atoms with Crippen molar-refractivity contribution in [1.29, 1.82) is 0 Å². The SMILES string of the molecule is CCCC[C@@H](C)C[C@@H](C=C[C@@H]1C(SCCCCCC(=O)OC)=C(CCc2ccccc2)C[C@H]1O[Si](C)(C)C(C)(C)C)O[Si](C)(C)C(C)(C)C. The number of carbonyl (C=O) groups excluding carboxylic acids is 1. The van der Waals surface area contributed by atoms with Crippen LogP contribution in [0.15, 0.2) is 53.0 Å². The van der Waals surface area contributed by atoms with Crippen molar-refractivity contribution in [3.8, 4) is 0 Å². The van der Waals surface area contributed by atoms with Gasteiger partial charge in [0.25, 0.3) is 0 Å². The Morgan fingerprint density at radius 1 is 0.939 bits per heavy atom. The molecule has 0 radical (unpaired) electrons. The maximum atomic E-state index is 11.7. The lowest BCUT2D eigenvalue weighted by molar-refractivity contribution is -0.140. The minimum Gasteiger partial charge on any atom is -0.469 e. The van der Waals surface area contributed by atoms with E-state index >= 15 is 0 Å². The van der Waals surface area contributed by atoms with Crippen LogP contribution in [0, 0.1) is 11.8 Å². The molecule has 7 heteroatoms. The lowest BCUT2D eigenvalue weighted by atomic mass is 9.96. The number of unbranched alkanes of at least 4 members (excludes halogenated alkanes) is 3. The second kappa shape index (κ2) is 20.2. The summed E-state index contributed by atoms with van der Waals surface area (Å²) in [6, 6.07) is 10.9. The van der Waals surface area contributed by atoms with Crippen molar-refractivity contribution in [3.05, 3.63) is 58.5 Å². The van der Waals surface area contributed by atoms with Gasteiger partial charge in [0.15, 0.2) is 16.6 Å². The Bertz CT molecular complexity index is 1180. The Balaban J connectivity index is 2.49. The van der Waals surface area contributed by atoms with E-state index in [0.717, 1.165) is 50.7 Å². The maximum absolute atomic E-state index is 11.7. The fourth-order valence-corrected chi connectivity index (χ4v) is 9.99. The fourth-order valence-electron chi connectivity index (χ4n) is 5.98. The highest BCUT2D eigenvalue weighted by Crippen LogP contribution is 2.48. The van der Waals surface area contributed by atoms with Gasteiger partial charge in [-0.05, 0) is 96.9 Å². The van der Waals surface area contributed by atoms with Crippen LogP contribution < -0.4 is 0 Å². The number of hydrogen-bond donors (Lipinski definition) is 0. The van der Waals surface area contributed by atoms with Crippen LogP contribution in [0.25, 0.3) is 0 Å². The fraction of sp³-hybridized carbons (Fsp3) is 0.738. The summed E-state index contributed by atoms with van der Waals surface area (Å²) in [5.41, 5.74) is 2.96. The zero-order valence-corrected chi connectivity index (χ0v) is 36.7. The molecule has 4 atom stereocenters. The van der Waals surface area contributed by atoms with Crippen LogP contribution in [0.3, 0.4) is 0 Å². The third-order valence-electron chi connectivity index (χ3n) is 11.3. The standard InChI is InChI=1S/C42H74O4SSi2/c1-14-15-22-33(2)31-36(45-48(10,11)41(3,4)5)28-29-37-38(46-49(12,13)42(6,7)8)32-35(27-26-34-23-18-16-19-24-34)40(37)47-30-21-17-20-25-39(43)44-9/h16,18-19,23-24,28-29,33,36-38H,14-15,17,20-22,25-27,30-32H2,1-13H3/t33-,36-,37+,38-/m1/s1. The van der Waals surface area contributed by atoms with Crippen LogP contribution in [0.4, 0.5) is 0 Å². The molecule has 1 aliphatic carbocycles. The Hall–Kier alpha value is -1.13. The summed E-state index contributed by atoms with van der Waals surface area (Å²) >= 11 is 2.05. The number of esters is 1. The number of hydrogen-bond acceptors (Lipinski definition) is 5. The van der Waals surface area contributed by atoms with E-state index in [1.54, 1.807) is 5.57 Å². The zero-order valence-electron chi connectivity index (χ0n) is 33.9. The normalized spacial score (nSPS) is 19.1. The van der Waals surface area contributed by atoms with Gasteiger partial charge in [-0.25, -0.2) is 0 Å². The molecule has 0 saturated heterocycles. The van der Waals surface area contributed by atoms with E-state index < -0.39 is 16.6 Å². The Morgan fingerprint density at radius 3 is 2.18 bits per heavy atom. The number of benzene rings is 1. The van der Waals surface area contributed by atoms with Gasteiger partial charge in [-0.2, -0.15) is 0 Å². The van der Waals surface area contributed by atoms with Gasteiger partial charge in [0.05, 0.1) is 19.3 Å². The highest BCUT2D eigenvalue weighted by molar-refractivity contribution is 8.03. The smallest absolute Gasteiger partial charge is 0.305 e. The lowest BCUT2D eigenvalue weighted by Crippen LogP contribution is -2.45. The predicted molar refractivity (Wildman–Crippen MR) is 219 cm³/mol. The first-order valence-corrected chi connectivity index (χ1v) is 26.1. The van der Waals surface area contributed by atoms with E-state index in [1.807, 2.05) is 11.8 Å². The number of carbonyl (C=O) groups is 1. The van der Waals surface area contributed by atoms with Crippen LogP contribution in [0.5, 0.6) is 0 Å². The molecule has 1 aromatic rings. The molecule has 1 aromatic carbocycles. The molecule has 0 spiro atoms. The van der Waals surface area contributed by atoms with Crippen molar-refractivity contribution < 1.29 is 18.4 Å².